The second-order valence-corrected chi connectivity index (χ2v) is 4.51. The zero-order chi connectivity index (χ0) is 12.5. The molecule has 1 atom stereocenters. The molecule has 0 saturated heterocycles. The molecule has 1 unspecified atom stereocenters. The Morgan fingerprint density at radius 1 is 1.35 bits per heavy atom. The first kappa shape index (κ1) is 14.1. The number of nitrogens with zero attached hydrogens (tertiary/aromatic N) is 2. The van der Waals surface area contributed by atoms with Crippen molar-refractivity contribution in [1.82, 2.24) is 15.2 Å². The van der Waals surface area contributed by atoms with Crippen molar-refractivity contribution < 1.29 is 0 Å². The smallest absolute Gasteiger partial charge is 0.0271 e. The first-order chi connectivity index (χ1) is 8.27. The maximum Gasteiger partial charge on any atom is 0.0271 e. The minimum absolute atomic E-state index is 0.640. The maximum absolute atomic E-state index is 4.06. The van der Waals surface area contributed by atoms with Gasteiger partial charge in [0.25, 0.3) is 0 Å². The highest BCUT2D eigenvalue weighted by molar-refractivity contribution is 5.09. The summed E-state index contributed by atoms with van der Waals surface area (Å²) in [6.45, 7) is 7.79. The van der Waals surface area contributed by atoms with Crippen molar-refractivity contribution >= 4 is 0 Å². The summed E-state index contributed by atoms with van der Waals surface area (Å²) in [7, 11) is 2.01. The van der Waals surface area contributed by atoms with Crippen molar-refractivity contribution in [3.05, 3.63) is 30.1 Å². The third-order valence-electron chi connectivity index (χ3n) is 3.21. The van der Waals surface area contributed by atoms with Crippen molar-refractivity contribution in [1.29, 1.82) is 0 Å². The van der Waals surface area contributed by atoms with Crippen LogP contribution in [0.5, 0.6) is 0 Å². The molecule has 0 bridgehead atoms. The fraction of sp³-hybridized carbons (Fsp3) is 0.643. The average Bonchev–Trinajstić information content (AvgIpc) is 2.37. The predicted octanol–water partition coefficient (Wildman–Crippen LogP) is 2.29. The Morgan fingerprint density at radius 2 is 2.06 bits per heavy atom. The summed E-state index contributed by atoms with van der Waals surface area (Å²) in [6.07, 6.45) is 6.23. The monoisotopic (exact) mass is 235 g/mol. The lowest BCUT2D eigenvalue weighted by Crippen LogP contribution is -2.32. The third kappa shape index (κ3) is 5.29. The number of pyridine rings is 1. The molecule has 0 saturated carbocycles. The number of hydrogen-bond donors (Lipinski definition) is 1. The number of hydrogen-bond acceptors (Lipinski definition) is 3. The van der Waals surface area contributed by atoms with Gasteiger partial charge in [0.05, 0.1) is 0 Å². The van der Waals surface area contributed by atoms with Crippen LogP contribution in [0.3, 0.4) is 0 Å². The van der Waals surface area contributed by atoms with Crippen LogP contribution in [0.25, 0.3) is 0 Å². The molecule has 1 aromatic heterocycles. The highest BCUT2D eigenvalue weighted by Crippen LogP contribution is 2.11. The Morgan fingerprint density at radius 3 is 2.65 bits per heavy atom. The predicted molar refractivity (Wildman–Crippen MR) is 72.9 cm³/mol. The van der Waals surface area contributed by atoms with Crippen molar-refractivity contribution in [2.45, 2.75) is 39.3 Å². The van der Waals surface area contributed by atoms with Gasteiger partial charge in [-0.05, 0) is 57.6 Å². The van der Waals surface area contributed by atoms with E-state index in [1.807, 2.05) is 19.4 Å². The van der Waals surface area contributed by atoms with Crippen LogP contribution >= 0.6 is 0 Å². The van der Waals surface area contributed by atoms with Gasteiger partial charge in [0.15, 0.2) is 0 Å². The van der Waals surface area contributed by atoms with E-state index in [-0.39, 0.29) is 0 Å². The van der Waals surface area contributed by atoms with Crippen LogP contribution in [0.2, 0.25) is 0 Å². The van der Waals surface area contributed by atoms with Gasteiger partial charge >= 0.3 is 0 Å². The molecule has 0 aliphatic rings. The Kier molecular flexibility index (Phi) is 6.82. The topological polar surface area (TPSA) is 28.2 Å². The van der Waals surface area contributed by atoms with Gasteiger partial charge in [-0.1, -0.05) is 6.92 Å². The summed E-state index contributed by atoms with van der Waals surface area (Å²) in [5, 5.41) is 3.20. The van der Waals surface area contributed by atoms with E-state index in [1.54, 1.807) is 0 Å². The number of aromatic nitrogens is 1. The Bertz CT molecular complexity index is 287. The second kappa shape index (κ2) is 8.20. The van der Waals surface area contributed by atoms with E-state index < -0.39 is 0 Å². The van der Waals surface area contributed by atoms with Gasteiger partial charge in [-0.3, -0.25) is 9.88 Å². The highest BCUT2D eigenvalue weighted by atomic mass is 15.1. The third-order valence-corrected chi connectivity index (χ3v) is 3.21. The lowest BCUT2D eigenvalue weighted by atomic mass is 10.1. The van der Waals surface area contributed by atoms with Crippen LogP contribution in [-0.4, -0.2) is 36.1 Å². The molecule has 0 fully saturated rings. The van der Waals surface area contributed by atoms with E-state index in [0.29, 0.717) is 6.04 Å². The average molecular weight is 235 g/mol. The van der Waals surface area contributed by atoms with Gasteiger partial charge in [0.2, 0.25) is 0 Å². The van der Waals surface area contributed by atoms with E-state index in [0.717, 1.165) is 19.6 Å². The molecule has 1 N–H and O–H groups in total. The van der Waals surface area contributed by atoms with Gasteiger partial charge in [-0.25, -0.2) is 0 Å². The van der Waals surface area contributed by atoms with Gasteiger partial charge < -0.3 is 5.32 Å². The van der Waals surface area contributed by atoms with Crippen molar-refractivity contribution in [3.8, 4) is 0 Å². The second-order valence-electron chi connectivity index (χ2n) is 4.51. The summed E-state index contributed by atoms with van der Waals surface area (Å²) >= 11 is 0. The quantitative estimate of drug-likeness (QED) is 0.701. The maximum atomic E-state index is 4.06. The highest BCUT2D eigenvalue weighted by Gasteiger charge is 2.11. The molecule has 1 rings (SSSR count). The molecule has 1 aromatic rings. The van der Waals surface area contributed by atoms with E-state index in [9.17, 15) is 0 Å². The van der Waals surface area contributed by atoms with Crippen molar-refractivity contribution in [2.75, 3.05) is 20.1 Å². The largest absolute Gasteiger partial charge is 0.320 e. The van der Waals surface area contributed by atoms with Crippen LogP contribution in [-0.2, 0) is 6.54 Å². The Labute approximate surface area is 105 Å². The fourth-order valence-corrected chi connectivity index (χ4v) is 2.06. The summed E-state index contributed by atoms with van der Waals surface area (Å²) in [6, 6.07) is 4.84. The van der Waals surface area contributed by atoms with Crippen LogP contribution in [0.1, 0.15) is 32.3 Å². The lowest BCUT2D eigenvalue weighted by Gasteiger charge is -2.28. The Balaban J connectivity index is 2.42. The summed E-state index contributed by atoms with van der Waals surface area (Å²) in [4.78, 5) is 6.58. The first-order valence-electron chi connectivity index (χ1n) is 6.55. The van der Waals surface area contributed by atoms with Gasteiger partial charge in [0.1, 0.15) is 0 Å². The molecule has 1 heterocycles. The molecule has 3 nitrogen and oxygen atoms in total. The Hall–Kier alpha value is -0.930. The molecule has 0 radical (unpaired) electrons. The van der Waals surface area contributed by atoms with Crippen LogP contribution < -0.4 is 5.32 Å². The lowest BCUT2D eigenvalue weighted by molar-refractivity contribution is 0.198. The first-order valence-corrected chi connectivity index (χ1v) is 6.55. The van der Waals surface area contributed by atoms with Crippen LogP contribution in [0.15, 0.2) is 24.5 Å². The molecule has 0 aromatic carbocycles. The van der Waals surface area contributed by atoms with Crippen LogP contribution in [0, 0.1) is 0 Å². The molecule has 96 valence electrons. The van der Waals surface area contributed by atoms with E-state index in [1.165, 1.54) is 18.4 Å². The fourth-order valence-electron chi connectivity index (χ4n) is 2.06. The molecule has 0 aliphatic carbocycles. The van der Waals surface area contributed by atoms with Gasteiger partial charge in [-0.2, -0.15) is 0 Å². The number of nitrogens with one attached hydrogen (secondary N) is 1. The zero-order valence-electron chi connectivity index (χ0n) is 11.3. The molecule has 0 aliphatic heterocycles. The SMILES string of the molecule is CCN(Cc1ccncc1)C(C)CCCNC. The summed E-state index contributed by atoms with van der Waals surface area (Å²) < 4.78 is 0. The molecule has 0 spiro atoms. The number of rotatable bonds is 8. The van der Waals surface area contributed by atoms with Crippen LogP contribution in [0.4, 0.5) is 0 Å². The van der Waals surface area contributed by atoms with E-state index in [4.69, 9.17) is 0 Å². The van der Waals surface area contributed by atoms with Crippen molar-refractivity contribution in [2.24, 2.45) is 0 Å². The molecule has 0 amide bonds. The van der Waals surface area contributed by atoms with Gasteiger partial charge in [0, 0.05) is 25.0 Å². The minimum atomic E-state index is 0.640. The minimum Gasteiger partial charge on any atom is -0.320 e. The summed E-state index contributed by atoms with van der Waals surface area (Å²) in [5.41, 5.74) is 1.35. The molecular weight excluding hydrogens is 210 g/mol. The normalized spacial score (nSPS) is 12.9. The van der Waals surface area contributed by atoms with E-state index in [2.05, 4.69) is 41.2 Å². The standard InChI is InChI=1S/C14H25N3/c1-4-17(13(2)6-5-9-15-3)12-14-7-10-16-11-8-14/h7-8,10-11,13,15H,4-6,9,12H2,1-3H3. The molecular formula is C14H25N3. The van der Waals surface area contributed by atoms with Crippen molar-refractivity contribution in [3.63, 3.8) is 0 Å². The van der Waals surface area contributed by atoms with Gasteiger partial charge in [-0.15, -0.1) is 0 Å². The zero-order valence-corrected chi connectivity index (χ0v) is 11.3. The molecule has 3 heteroatoms. The van der Waals surface area contributed by atoms with E-state index >= 15 is 0 Å². The summed E-state index contributed by atoms with van der Waals surface area (Å²) in [5.74, 6) is 0. The molecule has 17 heavy (non-hydrogen) atoms.